The molecule has 2 aromatic heterocycles. The van der Waals surface area contributed by atoms with E-state index in [1.807, 2.05) is 24.5 Å². The zero-order valence-corrected chi connectivity index (χ0v) is 21.3. The van der Waals surface area contributed by atoms with Gasteiger partial charge in [-0.3, -0.25) is 9.97 Å². The van der Waals surface area contributed by atoms with Crippen LogP contribution in [-0.2, 0) is 10.3 Å². The summed E-state index contributed by atoms with van der Waals surface area (Å²) in [6.45, 7) is 13.7. The maximum Gasteiger partial charge on any atom is 0.0567 e. The van der Waals surface area contributed by atoms with E-state index in [2.05, 4.69) is 109 Å². The van der Waals surface area contributed by atoms with E-state index in [4.69, 9.17) is 9.97 Å². The van der Waals surface area contributed by atoms with Gasteiger partial charge in [0.05, 0.1) is 21.7 Å². The number of hydrogen-bond acceptors (Lipinski definition) is 2. The van der Waals surface area contributed by atoms with E-state index in [1.54, 1.807) is 0 Å². The molecule has 4 heteroatoms. The SMILES string of the molecule is CC(C)(C)C(P)(c1ccccn1)c1ccccc1C(P)(c1ccccn1)C(C)(C)C. The Morgan fingerprint density at radius 2 is 0.867 bits per heavy atom. The molecule has 0 aliphatic carbocycles. The van der Waals surface area contributed by atoms with Crippen LogP contribution in [0.4, 0.5) is 0 Å². The predicted molar refractivity (Wildman–Crippen MR) is 135 cm³/mol. The second-order valence-corrected chi connectivity index (χ2v) is 11.8. The largest absolute Gasteiger partial charge is 0.260 e. The number of pyridine rings is 2. The molecular formula is C26H34N2P2. The second-order valence-electron chi connectivity index (χ2n) is 10.1. The van der Waals surface area contributed by atoms with E-state index in [-0.39, 0.29) is 21.1 Å². The van der Waals surface area contributed by atoms with Crippen molar-refractivity contribution < 1.29 is 0 Å². The van der Waals surface area contributed by atoms with Crippen LogP contribution in [0.5, 0.6) is 0 Å². The number of hydrogen-bond donors (Lipinski definition) is 0. The van der Waals surface area contributed by atoms with Crippen molar-refractivity contribution in [2.45, 2.75) is 51.9 Å². The quantitative estimate of drug-likeness (QED) is 0.420. The summed E-state index contributed by atoms with van der Waals surface area (Å²) in [5.74, 6) is 0. The average molecular weight is 437 g/mol. The Labute approximate surface area is 186 Å². The standard InChI is InChI=1S/C26H34N2P2/c1-23(2,3)25(29,21-15-9-11-17-27-21)19-13-7-8-14-20(19)26(30,24(4,5)6)22-16-10-12-18-28-22/h7-18H,29-30H2,1-6H3. The molecule has 0 spiro atoms. The van der Waals surface area contributed by atoms with Gasteiger partial charge in [-0.25, -0.2) is 0 Å². The molecule has 158 valence electrons. The van der Waals surface area contributed by atoms with E-state index in [9.17, 15) is 0 Å². The van der Waals surface area contributed by atoms with Crippen LogP contribution in [-0.4, -0.2) is 9.97 Å². The van der Waals surface area contributed by atoms with Crippen molar-refractivity contribution in [3.8, 4) is 0 Å². The van der Waals surface area contributed by atoms with Gasteiger partial charge in [-0.05, 0) is 46.2 Å². The molecule has 2 nitrogen and oxygen atoms in total. The molecule has 4 atom stereocenters. The lowest BCUT2D eigenvalue weighted by Crippen LogP contribution is -2.42. The molecule has 0 bridgehead atoms. The van der Waals surface area contributed by atoms with Gasteiger partial charge in [0.1, 0.15) is 0 Å². The molecule has 0 radical (unpaired) electrons. The van der Waals surface area contributed by atoms with Crippen molar-refractivity contribution in [2.24, 2.45) is 10.8 Å². The fraction of sp³-hybridized carbons (Fsp3) is 0.385. The third kappa shape index (κ3) is 3.74. The zero-order valence-electron chi connectivity index (χ0n) is 19.0. The number of nitrogens with zero attached hydrogens (tertiary/aromatic N) is 2. The monoisotopic (exact) mass is 436 g/mol. The fourth-order valence-corrected chi connectivity index (χ4v) is 5.06. The van der Waals surface area contributed by atoms with Gasteiger partial charge in [0.2, 0.25) is 0 Å². The molecule has 0 aliphatic rings. The topological polar surface area (TPSA) is 25.8 Å². The van der Waals surface area contributed by atoms with Crippen LogP contribution < -0.4 is 0 Å². The first kappa shape index (κ1) is 23.1. The molecule has 0 fully saturated rings. The van der Waals surface area contributed by atoms with Crippen molar-refractivity contribution in [2.75, 3.05) is 0 Å². The van der Waals surface area contributed by atoms with E-state index in [0.29, 0.717) is 0 Å². The zero-order chi connectivity index (χ0) is 22.2. The van der Waals surface area contributed by atoms with Crippen LogP contribution in [0.15, 0.2) is 73.1 Å². The molecular weight excluding hydrogens is 402 g/mol. The summed E-state index contributed by atoms with van der Waals surface area (Å²) in [7, 11) is 6.34. The first-order chi connectivity index (χ1) is 13.9. The van der Waals surface area contributed by atoms with Gasteiger partial charge in [-0.1, -0.05) is 77.9 Å². The molecule has 3 rings (SSSR count). The fourth-order valence-electron chi connectivity index (χ4n) is 4.22. The van der Waals surface area contributed by atoms with Gasteiger partial charge >= 0.3 is 0 Å². The first-order valence-electron chi connectivity index (χ1n) is 10.4. The van der Waals surface area contributed by atoms with Crippen molar-refractivity contribution in [1.29, 1.82) is 0 Å². The van der Waals surface area contributed by atoms with Crippen LogP contribution >= 0.6 is 18.5 Å². The molecule has 3 aromatic rings. The highest BCUT2D eigenvalue weighted by atomic mass is 31.0. The summed E-state index contributed by atoms with van der Waals surface area (Å²) < 4.78 is 0. The summed E-state index contributed by atoms with van der Waals surface area (Å²) in [4.78, 5) is 9.62. The molecule has 0 amide bonds. The Bertz CT molecular complexity index is 908. The van der Waals surface area contributed by atoms with Gasteiger partial charge < -0.3 is 0 Å². The van der Waals surface area contributed by atoms with Gasteiger partial charge in [0.25, 0.3) is 0 Å². The van der Waals surface area contributed by atoms with Crippen LogP contribution in [0.2, 0.25) is 0 Å². The van der Waals surface area contributed by atoms with Crippen molar-refractivity contribution in [3.63, 3.8) is 0 Å². The average Bonchev–Trinajstić information content (AvgIpc) is 2.72. The van der Waals surface area contributed by atoms with Gasteiger partial charge in [0, 0.05) is 12.4 Å². The van der Waals surface area contributed by atoms with Crippen molar-refractivity contribution in [1.82, 2.24) is 9.97 Å². The normalized spacial score (nSPS) is 16.5. The minimum atomic E-state index is -0.368. The molecule has 0 N–H and O–H groups in total. The Kier molecular flexibility index (Phi) is 6.26. The van der Waals surface area contributed by atoms with E-state index in [1.165, 1.54) is 11.1 Å². The van der Waals surface area contributed by atoms with Crippen molar-refractivity contribution in [3.05, 3.63) is 95.6 Å². The predicted octanol–water partition coefficient (Wildman–Crippen LogP) is 6.81. The lowest BCUT2D eigenvalue weighted by molar-refractivity contribution is 0.295. The smallest absolute Gasteiger partial charge is 0.0567 e. The van der Waals surface area contributed by atoms with Crippen LogP contribution in [0, 0.1) is 10.8 Å². The Balaban J connectivity index is 2.40. The van der Waals surface area contributed by atoms with E-state index < -0.39 is 0 Å². The number of benzene rings is 1. The summed E-state index contributed by atoms with van der Waals surface area (Å²) in [6, 6.07) is 21.2. The van der Waals surface area contributed by atoms with Crippen LogP contribution in [0.1, 0.15) is 64.1 Å². The molecule has 2 heterocycles. The minimum absolute atomic E-state index is 0.0876. The molecule has 0 saturated heterocycles. The summed E-state index contributed by atoms with van der Waals surface area (Å²) in [5.41, 5.74) is 4.45. The van der Waals surface area contributed by atoms with Crippen molar-refractivity contribution >= 4 is 18.5 Å². The first-order valence-corrected chi connectivity index (χ1v) is 11.6. The highest BCUT2D eigenvalue weighted by Crippen LogP contribution is 2.58. The van der Waals surface area contributed by atoms with Crippen LogP contribution in [0.3, 0.4) is 0 Å². The Morgan fingerprint density at radius 1 is 0.533 bits per heavy atom. The minimum Gasteiger partial charge on any atom is -0.260 e. The number of rotatable bonds is 4. The maximum absolute atomic E-state index is 4.81. The van der Waals surface area contributed by atoms with Gasteiger partial charge in [-0.2, -0.15) is 0 Å². The van der Waals surface area contributed by atoms with Crippen LogP contribution in [0.25, 0.3) is 0 Å². The lowest BCUT2D eigenvalue weighted by atomic mass is 9.66. The van der Waals surface area contributed by atoms with Gasteiger partial charge in [-0.15, -0.1) is 18.5 Å². The van der Waals surface area contributed by atoms with E-state index >= 15 is 0 Å². The Hall–Kier alpha value is -1.62. The molecule has 1 aromatic carbocycles. The summed E-state index contributed by atoms with van der Waals surface area (Å²) in [5, 5.41) is -0.737. The molecule has 30 heavy (non-hydrogen) atoms. The van der Waals surface area contributed by atoms with E-state index in [0.717, 1.165) is 11.4 Å². The third-order valence-corrected chi connectivity index (χ3v) is 9.23. The highest BCUT2D eigenvalue weighted by Gasteiger charge is 2.49. The Morgan fingerprint density at radius 3 is 1.13 bits per heavy atom. The lowest BCUT2D eigenvalue weighted by Gasteiger charge is -2.48. The summed E-state index contributed by atoms with van der Waals surface area (Å²) in [6.07, 6.45) is 3.78. The maximum atomic E-state index is 4.81. The molecule has 0 aliphatic heterocycles. The molecule has 0 saturated carbocycles. The van der Waals surface area contributed by atoms with Gasteiger partial charge in [0.15, 0.2) is 0 Å². The highest BCUT2D eigenvalue weighted by molar-refractivity contribution is 7.19. The summed E-state index contributed by atoms with van der Waals surface area (Å²) >= 11 is 0. The second kappa shape index (κ2) is 8.14. The third-order valence-electron chi connectivity index (χ3n) is 6.28. The molecule has 4 unspecified atom stereocenters. The number of aromatic nitrogens is 2.